The molecule has 3 aromatic rings. The Bertz CT molecular complexity index is 1050. The number of aromatic nitrogens is 1. The van der Waals surface area contributed by atoms with E-state index in [2.05, 4.69) is 20.8 Å². The molecular formula is C24H25N5O3. The average molecular weight is 431 g/mol. The van der Waals surface area contributed by atoms with Crippen molar-refractivity contribution in [2.75, 3.05) is 18.5 Å². The first-order valence-electron chi connectivity index (χ1n) is 10.1. The number of hydrogen-bond acceptors (Lipinski definition) is 6. The number of hydrogen-bond donors (Lipinski definition) is 3. The second-order valence-corrected chi connectivity index (χ2v) is 7.04. The van der Waals surface area contributed by atoms with E-state index in [0.717, 1.165) is 11.1 Å². The summed E-state index contributed by atoms with van der Waals surface area (Å²) >= 11 is 0. The van der Waals surface area contributed by atoms with E-state index < -0.39 is 6.04 Å². The molecule has 2 amide bonds. The number of benzene rings is 2. The maximum atomic E-state index is 12.3. The van der Waals surface area contributed by atoms with E-state index in [-0.39, 0.29) is 25.0 Å². The third-order valence-electron chi connectivity index (χ3n) is 4.65. The molecule has 4 N–H and O–H groups in total. The lowest BCUT2D eigenvalue weighted by Gasteiger charge is -2.14. The third-order valence-corrected chi connectivity index (χ3v) is 4.65. The molecule has 0 aliphatic rings. The van der Waals surface area contributed by atoms with Gasteiger partial charge in [-0.25, -0.2) is 0 Å². The van der Waals surface area contributed by atoms with E-state index in [9.17, 15) is 9.59 Å². The zero-order chi connectivity index (χ0) is 22.8. The van der Waals surface area contributed by atoms with Gasteiger partial charge in [-0.05, 0) is 42.3 Å². The monoisotopic (exact) mass is 431 g/mol. The topological polar surface area (TPSA) is 119 Å². The number of amides is 2. The van der Waals surface area contributed by atoms with Gasteiger partial charge in [-0.15, -0.1) is 0 Å². The third kappa shape index (κ3) is 6.75. The molecule has 2 aromatic carbocycles. The Kier molecular flexibility index (Phi) is 8.05. The van der Waals surface area contributed by atoms with E-state index in [0.29, 0.717) is 17.0 Å². The molecule has 0 bridgehead atoms. The van der Waals surface area contributed by atoms with Crippen LogP contribution in [0.1, 0.15) is 34.5 Å². The number of nitrogens with two attached hydrogens (primary N) is 1. The minimum absolute atomic E-state index is 0.203. The molecule has 1 heterocycles. The van der Waals surface area contributed by atoms with E-state index in [4.69, 9.17) is 10.6 Å². The Morgan fingerprint density at radius 1 is 1.00 bits per heavy atom. The highest BCUT2D eigenvalue weighted by Gasteiger charge is 2.11. The summed E-state index contributed by atoms with van der Waals surface area (Å²) in [5, 5.41) is 9.47. The molecular weight excluding hydrogens is 406 g/mol. The second-order valence-electron chi connectivity index (χ2n) is 7.04. The standard InChI is InChI=1S/C24H25N5O3/c1-17(18-5-3-2-4-6-18)29-32-16-23(30)27-15-22(25)19-7-9-20(10-8-19)24(31)28-21-11-13-26-14-12-21/h2-14,22H,15-16,25H2,1H3,(H,27,30)(H,26,28,31)/b29-17+. The first-order valence-corrected chi connectivity index (χ1v) is 10.1. The van der Waals surface area contributed by atoms with Crippen molar-refractivity contribution in [2.45, 2.75) is 13.0 Å². The van der Waals surface area contributed by atoms with Crippen LogP contribution in [0.15, 0.2) is 84.3 Å². The fourth-order valence-corrected chi connectivity index (χ4v) is 2.83. The Morgan fingerprint density at radius 2 is 1.69 bits per heavy atom. The number of carbonyl (C=O) groups is 2. The highest BCUT2D eigenvalue weighted by atomic mass is 16.6. The highest BCUT2D eigenvalue weighted by molar-refractivity contribution is 6.04. The van der Waals surface area contributed by atoms with Gasteiger partial charge in [-0.3, -0.25) is 14.6 Å². The van der Waals surface area contributed by atoms with Gasteiger partial charge in [0.1, 0.15) is 0 Å². The Balaban J connectivity index is 1.43. The molecule has 3 rings (SSSR count). The number of carbonyl (C=O) groups excluding carboxylic acids is 2. The number of pyridine rings is 1. The summed E-state index contributed by atoms with van der Waals surface area (Å²) in [6, 6.07) is 19.5. The van der Waals surface area contributed by atoms with Crippen molar-refractivity contribution >= 4 is 23.2 Å². The molecule has 1 atom stereocenters. The number of anilines is 1. The molecule has 1 unspecified atom stereocenters. The lowest BCUT2D eigenvalue weighted by atomic mass is 10.0. The SMILES string of the molecule is C/C(=N\OCC(=O)NCC(N)c1ccc(C(=O)Nc2ccncc2)cc1)c1ccccc1. The van der Waals surface area contributed by atoms with Gasteiger partial charge in [-0.2, -0.15) is 0 Å². The van der Waals surface area contributed by atoms with Crippen LogP contribution >= 0.6 is 0 Å². The van der Waals surface area contributed by atoms with Crippen molar-refractivity contribution in [3.05, 3.63) is 95.8 Å². The lowest BCUT2D eigenvalue weighted by Crippen LogP contribution is -2.34. The molecule has 0 aliphatic heterocycles. The Hall–Kier alpha value is -4.04. The smallest absolute Gasteiger partial charge is 0.260 e. The van der Waals surface area contributed by atoms with Gasteiger partial charge in [0, 0.05) is 36.2 Å². The van der Waals surface area contributed by atoms with Crippen LogP contribution < -0.4 is 16.4 Å². The van der Waals surface area contributed by atoms with Gasteiger partial charge < -0.3 is 21.2 Å². The van der Waals surface area contributed by atoms with Crippen LogP contribution in [0.4, 0.5) is 5.69 Å². The molecule has 0 saturated heterocycles. The van der Waals surface area contributed by atoms with E-state index >= 15 is 0 Å². The first-order chi connectivity index (χ1) is 15.5. The van der Waals surface area contributed by atoms with Crippen molar-refractivity contribution < 1.29 is 14.4 Å². The molecule has 32 heavy (non-hydrogen) atoms. The van der Waals surface area contributed by atoms with E-state index in [1.807, 2.05) is 37.3 Å². The van der Waals surface area contributed by atoms with Gasteiger partial charge >= 0.3 is 0 Å². The second kappa shape index (κ2) is 11.4. The maximum Gasteiger partial charge on any atom is 0.260 e. The number of nitrogens with zero attached hydrogens (tertiary/aromatic N) is 2. The largest absolute Gasteiger partial charge is 0.385 e. The summed E-state index contributed by atoms with van der Waals surface area (Å²) in [6.07, 6.45) is 3.21. The van der Waals surface area contributed by atoms with Gasteiger partial charge in [0.25, 0.3) is 11.8 Å². The molecule has 8 nitrogen and oxygen atoms in total. The van der Waals surface area contributed by atoms with Gasteiger partial charge in [0.15, 0.2) is 6.61 Å². The minimum Gasteiger partial charge on any atom is -0.385 e. The van der Waals surface area contributed by atoms with Crippen LogP contribution in [-0.4, -0.2) is 35.7 Å². The maximum absolute atomic E-state index is 12.3. The summed E-state index contributed by atoms with van der Waals surface area (Å²) < 4.78 is 0. The van der Waals surface area contributed by atoms with Crippen molar-refractivity contribution in [2.24, 2.45) is 10.9 Å². The predicted octanol–water partition coefficient (Wildman–Crippen LogP) is 2.89. The van der Waals surface area contributed by atoms with Crippen LogP contribution in [0.25, 0.3) is 0 Å². The fourth-order valence-electron chi connectivity index (χ4n) is 2.83. The summed E-state index contributed by atoms with van der Waals surface area (Å²) in [6.45, 7) is 1.83. The number of nitrogens with one attached hydrogen (secondary N) is 2. The molecule has 0 radical (unpaired) electrons. The van der Waals surface area contributed by atoms with Crippen molar-refractivity contribution in [1.82, 2.24) is 10.3 Å². The normalized spacial score (nSPS) is 12.0. The fraction of sp³-hybridized carbons (Fsp3) is 0.167. The van der Waals surface area contributed by atoms with E-state index in [1.165, 1.54) is 0 Å². The van der Waals surface area contributed by atoms with Crippen LogP contribution in [0.2, 0.25) is 0 Å². The summed E-state index contributed by atoms with van der Waals surface area (Å²) in [5.74, 6) is -0.550. The number of rotatable bonds is 9. The Labute approximate surface area is 186 Å². The average Bonchev–Trinajstić information content (AvgIpc) is 2.83. The molecule has 0 aliphatic carbocycles. The predicted molar refractivity (Wildman–Crippen MR) is 123 cm³/mol. The summed E-state index contributed by atoms with van der Waals surface area (Å²) in [4.78, 5) is 33.3. The molecule has 8 heteroatoms. The van der Waals surface area contributed by atoms with Crippen LogP contribution in [0.5, 0.6) is 0 Å². The van der Waals surface area contributed by atoms with Crippen LogP contribution in [0.3, 0.4) is 0 Å². The minimum atomic E-state index is -0.425. The van der Waals surface area contributed by atoms with Crippen molar-refractivity contribution in [3.8, 4) is 0 Å². The highest BCUT2D eigenvalue weighted by Crippen LogP contribution is 2.13. The molecule has 0 spiro atoms. The number of oxime groups is 1. The van der Waals surface area contributed by atoms with Gasteiger partial charge in [0.2, 0.25) is 0 Å². The molecule has 0 fully saturated rings. The Morgan fingerprint density at radius 3 is 2.38 bits per heavy atom. The van der Waals surface area contributed by atoms with Gasteiger partial charge in [0.05, 0.1) is 5.71 Å². The van der Waals surface area contributed by atoms with Crippen LogP contribution in [-0.2, 0) is 9.63 Å². The lowest BCUT2D eigenvalue weighted by molar-refractivity contribution is -0.125. The van der Waals surface area contributed by atoms with Gasteiger partial charge in [-0.1, -0.05) is 47.6 Å². The molecule has 164 valence electrons. The van der Waals surface area contributed by atoms with Crippen LogP contribution in [0, 0.1) is 0 Å². The van der Waals surface area contributed by atoms with E-state index in [1.54, 1.807) is 48.8 Å². The summed E-state index contributed by atoms with van der Waals surface area (Å²) in [7, 11) is 0. The molecule has 1 aromatic heterocycles. The zero-order valence-electron chi connectivity index (χ0n) is 17.7. The first kappa shape index (κ1) is 22.6. The van der Waals surface area contributed by atoms with Crippen molar-refractivity contribution in [1.29, 1.82) is 0 Å². The quantitative estimate of drug-likeness (QED) is 0.356. The summed E-state index contributed by atoms with van der Waals surface area (Å²) in [5.41, 5.74) is 9.73. The van der Waals surface area contributed by atoms with Crippen molar-refractivity contribution in [3.63, 3.8) is 0 Å². The zero-order valence-corrected chi connectivity index (χ0v) is 17.7. The molecule has 0 saturated carbocycles.